The van der Waals surface area contributed by atoms with Gasteiger partial charge in [-0.25, -0.2) is 13.2 Å². The number of primary amides is 1. The Morgan fingerprint density at radius 2 is 1.83 bits per heavy atom. The number of hydrogen-bond acceptors (Lipinski definition) is 5. The van der Waals surface area contributed by atoms with E-state index in [1.807, 2.05) is 0 Å². The molecule has 7 rings (SSSR count). The Balaban J connectivity index is 1.36. The largest absolute Gasteiger partial charge is 0.366 e. The van der Waals surface area contributed by atoms with Crippen molar-refractivity contribution >= 4 is 18.0 Å². The van der Waals surface area contributed by atoms with Crippen LogP contribution in [0.4, 0.5) is 13.2 Å². The predicted molar refractivity (Wildman–Crippen MR) is 147 cm³/mol. The van der Waals surface area contributed by atoms with Crippen LogP contribution in [0.15, 0.2) is 54.7 Å². The molecule has 3 aliphatic rings. The van der Waals surface area contributed by atoms with E-state index in [1.165, 1.54) is 30.5 Å². The van der Waals surface area contributed by atoms with Crippen LogP contribution in [0.3, 0.4) is 0 Å². The molecule has 10 heteroatoms. The van der Waals surface area contributed by atoms with Crippen molar-refractivity contribution in [2.45, 2.75) is 50.5 Å². The van der Waals surface area contributed by atoms with Gasteiger partial charge in [0.05, 0.1) is 17.8 Å². The molecule has 0 radical (unpaired) electrons. The fourth-order valence-electron chi connectivity index (χ4n) is 6.48. The first-order valence-corrected chi connectivity index (χ1v) is 13.8. The average Bonchev–Trinajstić information content (AvgIpc) is 3.30. The highest BCUT2D eigenvalue weighted by molar-refractivity contribution is 5.94. The average molecular weight is 573 g/mol. The van der Waals surface area contributed by atoms with E-state index in [9.17, 15) is 27.6 Å². The van der Waals surface area contributed by atoms with Gasteiger partial charge in [-0.2, -0.15) is 5.10 Å². The summed E-state index contributed by atoms with van der Waals surface area (Å²) in [5.74, 6) is -3.20. The SMILES string of the molecule is NC(=O)c1cc(-c2cccnc2[C@@H](CC(=O)Cn2nc(C=O)c3c2C2CC(C3)C2)Cc2cc(F)cc(F)c2)ccc1F. The monoisotopic (exact) mass is 572 g/mol. The highest BCUT2D eigenvalue weighted by atomic mass is 19.1. The quantitative estimate of drug-likeness (QED) is 0.259. The molecule has 42 heavy (non-hydrogen) atoms. The lowest BCUT2D eigenvalue weighted by atomic mass is 9.64. The minimum Gasteiger partial charge on any atom is -0.366 e. The molecule has 3 aliphatic carbocycles. The fourth-order valence-corrected chi connectivity index (χ4v) is 6.48. The maximum Gasteiger partial charge on any atom is 0.251 e. The van der Waals surface area contributed by atoms with Gasteiger partial charge in [0, 0.05) is 47.3 Å². The molecular weight excluding hydrogens is 545 g/mol. The van der Waals surface area contributed by atoms with E-state index in [1.54, 1.807) is 16.8 Å². The van der Waals surface area contributed by atoms with Crippen molar-refractivity contribution in [3.8, 4) is 11.1 Å². The number of nitrogens with two attached hydrogens (primary N) is 1. The third-order valence-corrected chi connectivity index (χ3v) is 8.32. The minimum absolute atomic E-state index is 0.0512. The van der Waals surface area contributed by atoms with Crippen molar-refractivity contribution in [3.63, 3.8) is 0 Å². The maximum absolute atomic E-state index is 14.3. The number of carbonyl (C=O) groups is 3. The van der Waals surface area contributed by atoms with Crippen molar-refractivity contribution < 1.29 is 27.6 Å². The highest BCUT2D eigenvalue weighted by Gasteiger charge is 2.41. The van der Waals surface area contributed by atoms with Crippen molar-refractivity contribution in [2.75, 3.05) is 0 Å². The lowest BCUT2D eigenvalue weighted by molar-refractivity contribution is -0.120. The molecular formula is C32H27F3N4O3. The highest BCUT2D eigenvalue weighted by Crippen LogP contribution is 2.50. The Bertz CT molecular complexity index is 1710. The van der Waals surface area contributed by atoms with Gasteiger partial charge in [0.15, 0.2) is 12.1 Å². The van der Waals surface area contributed by atoms with Crippen LogP contribution in [0.25, 0.3) is 11.1 Å². The zero-order valence-corrected chi connectivity index (χ0v) is 22.5. The first-order valence-electron chi connectivity index (χ1n) is 13.8. The number of aldehydes is 1. The molecule has 2 N–H and O–H groups in total. The summed E-state index contributed by atoms with van der Waals surface area (Å²) in [6.45, 7) is -0.0596. The molecule has 2 aromatic heterocycles. The molecule has 2 bridgehead atoms. The van der Waals surface area contributed by atoms with Crippen molar-refractivity contribution in [1.82, 2.24) is 14.8 Å². The normalized spacial score (nSPS) is 17.7. The number of amides is 1. The van der Waals surface area contributed by atoms with Gasteiger partial charge in [0.25, 0.3) is 5.91 Å². The first kappa shape index (κ1) is 27.6. The van der Waals surface area contributed by atoms with Crippen LogP contribution < -0.4 is 5.73 Å². The van der Waals surface area contributed by atoms with Gasteiger partial charge in [-0.15, -0.1) is 0 Å². The van der Waals surface area contributed by atoms with E-state index in [0.29, 0.717) is 34.0 Å². The van der Waals surface area contributed by atoms with Crippen LogP contribution in [0.2, 0.25) is 0 Å². The van der Waals surface area contributed by atoms with E-state index < -0.39 is 29.3 Å². The number of hydrogen-bond donors (Lipinski definition) is 1. The molecule has 4 aromatic rings. The summed E-state index contributed by atoms with van der Waals surface area (Å²) in [7, 11) is 0. The third-order valence-electron chi connectivity index (χ3n) is 8.32. The lowest BCUT2D eigenvalue weighted by Crippen LogP contribution is -2.32. The fraction of sp³-hybridized carbons (Fsp3) is 0.281. The van der Waals surface area contributed by atoms with Gasteiger partial charge in [-0.05, 0) is 73.1 Å². The van der Waals surface area contributed by atoms with Gasteiger partial charge < -0.3 is 5.73 Å². The van der Waals surface area contributed by atoms with Gasteiger partial charge in [-0.1, -0.05) is 12.1 Å². The topological polar surface area (TPSA) is 108 Å². The van der Waals surface area contributed by atoms with Gasteiger partial charge in [0.1, 0.15) is 23.1 Å². The van der Waals surface area contributed by atoms with Crippen LogP contribution in [0.1, 0.15) is 74.5 Å². The van der Waals surface area contributed by atoms with Crippen molar-refractivity contribution in [2.24, 2.45) is 11.7 Å². The zero-order valence-electron chi connectivity index (χ0n) is 22.5. The number of ketones is 1. The zero-order chi connectivity index (χ0) is 29.5. The van der Waals surface area contributed by atoms with Crippen molar-refractivity contribution in [3.05, 3.63) is 106 Å². The molecule has 0 spiro atoms. The molecule has 2 aromatic carbocycles. The van der Waals surface area contributed by atoms with Crippen molar-refractivity contribution in [1.29, 1.82) is 0 Å². The van der Waals surface area contributed by atoms with Gasteiger partial charge >= 0.3 is 0 Å². The number of aromatic nitrogens is 3. The maximum atomic E-state index is 14.3. The molecule has 7 nitrogen and oxygen atoms in total. The molecule has 0 unspecified atom stereocenters. The summed E-state index contributed by atoms with van der Waals surface area (Å²) >= 11 is 0. The summed E-state index contributed by atoms with van der Waals surface area (Å²) in [5.41, 5.74) is 9.05. The standard InChI is InChI=1S/C32H27F3N4O3/c33-22-9-18(10-23(34)14-22)6-20(30-25(2-1-5-37-30)19-3-4-28(35)26(13-19)32(36)42)12-24(41)15-39-31-21-7-17(8-21)11-27(31)29(16-40)38-39/h1-5,9-10,13-14,16-17,20-21H,6-8,11-12,15H2,(H2,36,42)/t17?,20-,21?/m1/s1. The Hall–Kier alpha value is -4.60. The second-order valence-corrected chi connectivity index (χ2v) is 11.2. The van der Waals surface area contributed by atoms with E-state index in [2.05, 4.69) is 10.1 Å². The van der Waals surface area contributed by atoms with E-state index in [-0.39, 0.29) is 36.7 Å². The summed E-state index contributed by atoms with van der Waals surface area (Å²) in [6, 6.07) is 10.5. The molecule has 0 saturated heterocycles. The van der Waals surface area contributed by atoms with Crippen LogP contribution in [-0.4, -0.2) is 32.7 Å². The molecule has 1 fully saturated rings. The van der Waals surface area contributed by atoms with E-state index >= 15 is 0 Å². The minimum atomic E-state index is -0.934. The third kappa shape index (κ3) is 5.24. The Labute approximate surface area is 239 Å². The van der Waals surface area contributed by atoms with Gasteiger partial charge in [0.2, 0.25) is 0 Å². The number of rotatable bonds is 10. The number of pyridine rings is 1. The first-order chi connectivity index (χ1) is 20.2. The molecule has 214 valence electrons. The molecule has 1 saturated carbocycles. The second kappa shape index (κ2) is 11.0. The number of benzene rings is 2. The molecule has 0 aliphatic heterocycles. The Morgan fingerprint density at radius 1 is 1.07 bits per heavy atom. The molecule has 2 heterocycles. The predicted octanol–water partition coefficient (Wildman–Crippen LogP) is 5.31. The van der Waals surface area contributed by atoms with Crippen LogP contribution in [0, 0.1) is 23.4 Å². The lowest BCUT2D eigenvalue weighted by Gasteiger charge is -2.41. The van der Waals surface area contributed by atoms with Crippen LogP contribution in [0.5, 0.6) is 0 Å². The Kier molecular flexibility index (Phi) is 7.22. The summed E-state index contributed by atoms with van der Waals surface area (Å²) in [4.78, 5) is 41.7. The van der Waals surface area contributed by atoms with E-state index in [4.69, 9.17) is 5.73 Å². The van der Waals surface area contributed by atoms with Crippen LogP contribution >= 0.6 is 0 Å². The number of Topliss-reactive ketones (excluding diaryl/α,β-unsaturated/α-hetero) is 1. The van der Waals surface area contributed by atoms with Gasteiger partial charge in [-0.3, -0.25) is 24.0 Å². The number of halogens is 3. The summed E-state index contributed by atoms with van der Waals surface area (Å²) in [6.07, 6.45) is 5.11. The summed E-state index contributed by atoms with van der Waals surface area (Å²) < 4.78 is 44.1. The molecule has 1 amide bonds. The Morgan fingerprint density at radius 3 is 2.55 bits per heavy atom. The number of nitrogens with zero attached hydrogens (tertiary/aromatic N) is 3. The smallest absolute Gasteiger partial charge is 0.251 e. The number of carbonyl (C=O) groups excluding carboxylic acids is 3. The van der Waals surface area contributed by atoms with E-state index in [0.717, 1.165) is 48.9 Å². The molecule has 1 atom stereocenters. The summed E-state index contributed by atoms with van der Waals surface area (Å²) in [5, 5.41) is 4.45. The second-order valence-electron chi connectivity index (χ2n) is 11.2. The van der Waals surface area contributed by atoms with Crippen LogP contribution in [-0.2, 0) is 24.2 Å².